The van der Waals surface area contributed by atoms with Crippen molar-refractivity contribution in [2.75, 3.05) is 7.11 Å². The molecule has 0 amide bonds. The third-order valence-corrected chi connectivity index (χ3v) is 8.77. The Morgan fingerprint density at radius 1 is 0.886 bits per heavy atom. The number of aromatic hydroxyl groups is 1. The molecule has 3 aromatic rings. The van der Waals surface area contributed by atoms with Crippen LogP contribution in [0.4, 0.5) is 0 Å². The third kappa shape index (κ3) is 5.83. The summed E-state index contributed by atoms with van der Waals surface area (Å²) < 4.78 is 5.46. The largest absolute Gasteiger partial charge is 0.508 e. The number of benzene rings is 3. The fourth-order valence-electron chi connectivity index (χ4n) is 6.32. The molecule has 0 aliphatic heterocycles. The number of hydrogen-bond acceptors (Lipinski definition) is 3. The summed E-state index contributed by atoms with van der Waals surface area (Å²) in [7, 11) is 1.77. The van der Waals surface area contributed by atoms with Gasteiger partial charge in [0.25, 0.3) is 0 Å². The van der Waals surface area contributed by atoms with Crippen LogP contribution in [0.3, 0.4) is 0 Å². The minimum absolute atomic E-state index is 0.369. The predicted octanol–water partition coefficient (Wildman–Crippen LogP) is 7.76. The van der Waals surface area contributed by atoms with Crippen LogP contribution in [0.25, 0.3) is 10.8 Å². The Bertz CT molecular complexity index is 1120. The molecule has 188 valence electrons. The normalized spacial score (nSPS) is 26.6. The molecule has 35 heavy (non-hydrogen) atoms. The van der Waals surface area contributed by atoms with E-state index in [9.17, 15) is 5.11 Å². The van der Waals surface area contributed by atoms with Crippen LogP contribution in [-0.4, -0.2) is 18.3 Å². The number of aryl methyl sites for hydroxylation is 2. The van der Waals surface area contributed by atoms with Gasteiger partial charge in [-0.25, -0.2) is 0 Å². The number of fused-ring (bicyclic) bond motifs is 4. The van der Waals surface area contributed by atoms with Gasteiger partial charge in [-0.2, -0.15) is 0 Å². The van der Waals surface area contributed by atoms with Crippen molar-refractivity contribution in [1.29, 1.82) is 0 Å². The zero-order valence-electron chi connectivity index (χ0n) is 22.0. The van der Waals surface area contributed by atoms with E-state index in [1.807, 2.05) is 37.3 Å². The first-order valence-corrected chi connectivity index (χ1v) is 13.5. The molecule has 4 unspecified atom stereocenters. The van der Waals surface area contributed by atoms with Crippen LogP contribution in [0.5, 0.6) is 11.5 Å². The first-order chi connectivity index (χ1) is 16.9. The van der Waals surface area contributed by atoms with E-state index in [1.165, 1.54) is 55.9 Å². The molecular formula is C32H43NO2. The van der Waals surface area contributed by atoms with Crippen molar-refractivity contribution in [3.8, 4) is 11.5 Å². The van der Waals surface area contributed by atoms with E-state index in [1.54, 1.807) is 18.7 Å². The lowest BCUT2D eigenvalue weighted by atomic mass is 9.74. The van der Waals surface area contributed by atoms with Crippen LogP contribution in [0.1, 0.15) is 75.0 Å². The van der Waals surface area contributed by atoms with Gasteiger partial charge in [0.15, 0.2) is 0 Å². The highest BCUT2D eigenvalue weighted by Gasteiger charge is 2.33. The second kappa shape index (κ2) is 11.5. The van der Waals surface area contributed by atoms with Crippen LogP contribution in [-0.2, 0) is 6.42 Å². The van der Waals surface area contributed by atoms with Crippen LogP contribution in [0, 0.1) is 24.7 Å². The Morgan fingerprint density at radius 3 is 2.46 bits per heavy atom. The zero-order chi connectivity index (χ0) is 24.9. The predicted molar refractivity (Wildman–Crippen MR) is 147 cm³/mol. The van der Waals surface area contributed by atoms with Crippen molar-refractivity contribution < 1.29 is 9.84 Å². The van der Waals surface area contributed by atoms with E-state index in [0.717, 1.165) is 28.5 Å². The van der Waals surface area contributed by atoms with Gasteiger partial charge in [-0.05, 0) is 121 Å². The van der Waals surface area contributed by atoms with Gasteiger partial charge >= 0.3 is 0 Å². The minimum Gasteiger partial charge on any atom is -0.508 e. The molecule has 5 rings (SSSR count). The van der Waals surface area contributed by atoms with Gasteiger partial charge in [0.1, 0.15) is 11.5 Å². The molecule has 0 radical (unpaired) electrons. The number of nitrogens with two attached hydrogens (primary N) is 1. The number of phenolic OH excluding ortho intramolecular Hbond substituents is 1. The molecule has 0 heterocycles. The maximum absolute atomic E-state index is 9.42. The molecule has 1 fully saturated rings. The molecule has 3 aromatic carbocycles. The van der Waals surface area contributed by atoms with Crippen molar-refractivity contribution >= 4 is 10.8 Å². The average Bonchev–Trinajstić information content (AvgIpc) is 3.04. The zero-order valence-corrected chi connectivity index (χ0v) is 22.0. The molecule has 3 nitrogen and oxygen atoms in total. The number of phenols is 1. The quantitative estimate of drug-likeness (QED) is 0.380. The summed E-state index contributed by atoms with van der Waals surface area (Å²) in [6, 6.07) is 18.9. The molecule has 0 spiro atoms. The molecule has 2 aliphatic carbocycles. The van der Waals surface area contributed by atoms with Gasteiger partial charge in [0.05, 0.1) is 7.11 Å². The number of ether oxygens (including phenoxy) is 1. The molecule has 0 aromatic heterocycles. The van der Waals surface area contributed by atoms with Gasteiger partial charge in [-0.15, -0.1) is 0 Å². The maximum Gasteiger partial charge on any atom is 0.119 e. The Kier molecular flexibility index (Phi) is 8.38. The first-order valence-electron chi connectivity index (χ1n) is 13.5. The van der Waals surface area contributed by atoms with Crippen molar-refractivity contribution in [3.63, 3.8) is 0 Å². The SMILES string of the molecule is COc1ccc2c(c1)CCCC1C(C)CC[C@@H](N)C(C)CCC21.Cc1c(O)ccc2ccccc12. The summed E-state index contributed by atoms with van der Waals surface area (Å²) in [6.45, 7) is 6.74. The summed E-state index contributed by atoms with van der Waals surface area (Å²) in [4.78, 5) is 0. The standard InChI is InChI=1S/C21H33NO.C11H10O/c1-14-8-12-21(22)15(2)7-10-20-18(14)6-4-5-16-13-17(23-3)9-11-19(16)20;1-8-10-5-3-2-4-9(10)6-7-11(8)12/h9,11,13-15,18,20-21H,4-8,10,12,22H2,1-3H3;2-7,12H,1H3/t14?,15?,18?,20?,21-;/m1./s1. The Morgan fingerprint density at radius 2 is 1.66 bits per heavy atom. The molecule has 1 saturated carbocycles. The summed E-state index contributed by atoms with van der Waals surface area (Å²) in [6.07, 6.45) is 8.93. The number of rotatable bonds is 1. The van der Waals surface area contributed by atoms with E-state index in [-0.39, 0.29) is 0 Å². The Hall–Kier alpha value is -2.52. The fraction of sp³-hybridized carbons (Fsp3) is 0.500. The monoisotopic (exact) mass is 473 g/mol. The topological polar surface area (TPSA) is 55.5 Å². The minimum atomic E-state index is 0.369. The van der Waals surface area contributed by atoms with Crippen molar-refractivity contribution in [3.05, 3.63) is 71.3 Å². The highest BCUT2D eigenvalue weighted by molar-refractivity contribution is 5.87. The summed E-state index contributed by atoms with van der Waals surface area (Å²) >= 11 is 0. The fourth-order valence-corrected chi connectivity index (χ4v) is 6.32. The highest BCUT2D eigenvalue weighted by atomic mass is 16.5. The Balaban J connectivity index is 0.000000201. The van der Waals surface area contributed by atoms with Crippen LogP contribution >= 0.6 is 0 Å². The van der Waals surface area contributed by atoms with Gasteiger partial charge < -0.3 is 15.6 Å². The molecule has 2 aliphatic rings. The molecule has 0 bridgehead atoms. The van der Waals surface area contributed by atoms with Crippen LogP contribution < -0.4 is 10.5 Å². The lowest BCUT2D eigenvalue weighted by Gasteiger charge is -2.31. The lowest BCUT2D eigenvalue weighted by Crippen LogP contribution is -2.28. The molecule has 3 N–H and O–H groups in total. The van der Waals surface area contributed by atoms with Gasteiger partial charge in [0, 0.05) is 6.04 Å². The molecular weight excluding hydrogens is 430 g/mol. The van der Waals surface area contributed by atoms with Crippen molar-refractivity contribution in [1.82, 2.24) is 0 Å². The van der Waals surface area contributed by atoms with E-state index < -0.39 is 0 Å². The third-order valence-electron chi connectivity index (χ3n) is 8.77. The summed E-state index contributed by atoms with van der Waals surface area (Å²) in [5, 5.41) is 11.7. The average molecular weight is 474 g/mol. The molecule has 3 heteroatoms. The second-order valence-electron chi connectivity index (χ2n) is 10.9. The number of hydrogen-bond donors (Lipinski definition) is 2. The second-order valence-corrected chi connectivity index (χ2v) is 10.9. The first kappa shape index (κ1) is 25.6. The van der Waals surface area contributed by atoms with Crippen molar-refractivity contribution in [2.24, 2.45) is 23.5 Å². The van der Waals surface area contributed by atoms with E-state index in [2.05, 4.69) is 32.0 Å². The maximum atomic E-state index is 9.42. The summed E-state index contributed by atoms with van der Waals surface area (Å²) in [5.41, 5.74) is 10.5. The highest BCUT2D eigenvalue weighted by Crippen LogP contribution is 2.45. The smallest absolute Gasteiger partial charge is 0.119 e. The van der Waals surface area contributed by atoms with E-state index in [4.69, 9.17) is 10.5 Å². The van der Waals surface area contributed by atoms with E-state index in [0.29, 0.717) is 23.6 Å². The van der Waals surface area contributed by atoms with Crippen LogP contribution in [0.2, 0.25) is 0 Å². The van der Waals surface area contributed by atoms with Gasteiger partial charge in [-0.3, -0.25) is 0 Å². The molecule has 0 saturated heterocycles. The van der Waals surface area contributed by atoms with Gasteiger partial charge in [0.2, 0.25) is 0 Å². The van der Waals surface area contributed by atoms with Crippen molar-refractivity contribution in [2.45, 2.75) is 77.7 Å². The van der Waals surface area contributed by atoms with Crippen LogP contribution in [0.15, 0.2) is 54.6 Å². The Labute approximate surface area is 211 Å². The van der Waals surface area contributed by atoms with E-state index >= 15 is 0 Å². The lowest BCUT2D eigenvalue weighted by molar-refractivity contribution is 0.259. The summed E-state index contributed by atoms with van der Waals surface area (Å²) in [5.74, 6) is 4.33. The number of methoxy groups -OCH3 is 1. The molecule has 5 atom stereocenters. The van der Waals surface area contributed by atoms with Gasteiger partial charge in [-0.1, -0.05) is 50.2 Å².